The van der Waals surface area contributed by atoms with E-state index in [9.17, 15) is 4.79 Å². The van der Waals surface area contributed by atoms with Crippen LogP contribution in [0.5, 0.6) is 11.5 Å². The second-order valence-corrected chi connectivity index (χ2v) is 6.41. The molecule has 2 atom stereocenters. The van der Waals surface area contributed by atoms with E-state index in [1.54, 1.807) is 36.4 Å². The summed E-state index contributed by atoms with van der Waals surface area (Å²) >= 11 is 6.15. The standard InChI is InChI=1S/C19H23ClFN3O2.ClH/c1-3-17(24-12(2)10-23-11-25)15-8-9-16(20)19(18(15)21)26-14-6-4-13(22)5-7-14;/h4-9,11-12,17,24H,3,10,22H2,1-2H3,(H,23,25);1H/t12-,17+;/m0./s1. The Hall–Kier alpha value is -2.02. The molecule has 0 aliphatic carbocycles. The lowest BCUT2D eigenvalue weighted by Crippen LogP contribution is -2.38. The predicted octanol–water partition coefficient (Wildman–Crippen LogP) is 4.45. The third kappa shape index (κ3) is 6.27. The Morgan fingerprint density at radius 3 is 2.52 bits per heavy atom. The lowest BCUT2D eigenvalue weighted by atomic mass is 10.0. The molecule has 0 fully saturated rings. The Kier molecular flexibility index (Phi) is 9.35. The molecule has 0 unspecified atom stereocenters. The Morgan fingerprint density at radius 2 is 1.93 bits per heavy atom. The number of nitrogen functional groups attached to an aromatic ring is 1. The van der Waals surface area contributed by atoms with Gasteiger partial charge in [-0.1, -0.05) is 24.6 Å². The fraction of sp³-hybridized carbons (Fsp3) is 0.316. The van der Waals surface area contributed by atoms with Crippen molar-refractivity contribution in [3.63, 3.8) is 0 Å². The first kappa shape index (κ1) is 23.0. The monoisotopic (exact) mass is 415 g/mol. The minimum absolute atomic E-state index is 0. The number of halogens is 3. The van der Waals surface area contributed by atoms with Gasteiger partial charge in [-0.2, -0.15) is 0 Å². The molecule has 148 valence electrons. The SMILES string of the molecule is CC[C@@H](N[C@@H](C)CNC=O)c1ccc(Cl)c(Oc2ccc(N)cc2)c1F.Cl. The van der Waals surface area contributed by atoms with Gasteiger partial charge < -0.3 is 21.1 Å². The fourth-order valence-corrected chi connectivity index (χ4v) is 2.80. The molecule has 0 saturated heterocycles. The molecule has 8 heteroatoms. The summed E-state index contributed by atoms with van der Waals surface area (Å²) in [6.45, 7) is 4.31. The maximum absolute atomic E-state index is 15.1. The van der Waals surface area contributed by atoms with Gasteiger partial charge in [0.1, 0.15) is 5.75 Å². The molecule has 2 aromatic rings. The highest BCUT2D eigenvalue weighted by atomic mass is 35.5. The highest BCUT2D eigenvalue weighted by Crippen LogP contribution is 2.36. The molecule has 0 aliphatic rings. The van der Waals surface area contributed by atoms with Crippen molar-refractivity contribution in [3.05, 3.63) is 52.8 Å². The van der Waals surface area contributed by atoms with Gasteiger partial charge in [0, 0.05) is 29.9 Å². The molecule has 2 aromatic carbocycles. The minimum atomic E-state index is -0.510. The minimum Gasteiger partial charge on any atom is -0.453 e. The van der Waals surface area contributed by atoms with Crippen LogP contribution in [0.1, 0.15) is 31.9 Å². The van der Waals surface area contributed by atoms with Gasteiger partial charge in [0.15, 0.2) is 11.6 Å². The van der Waals surface area contributed by atoms with Crippen LogP contribution in [0.3, 0.4) is 0 Å². The number of anilines is 1. The molecule has 1 amide bonds. The van der Waals surface area contributed by atoms with Crippen LogP contribution < -0.4 is 21.1 Å². The smallest absolute Gasteiger partial charge is 0.207 e. The Balaban J connectivity index is 0.00000364. The Labute approximate surface area is 169 Å². The molecular weight excluding hydrogens is 392 g/mol. The van der Waals surface area contributed by atoms with Crippen molar-refractivity contribution in [1.82, 2.24) is 10.6 Å². The van der Waals surface area contributed by atoms with Crippen molar-refractivity contribution in [3.8, 4) is 11.5 Å². The second kappa shape index (κ2) is 11.0. The normalized spacial score (nSPS) is 12.6. The molecule has 4 N–H and O–H groups in total. The lowest BCUT2D eigenvalue weighted by molar-refractivity contribution is -0.109. The maximum Gasteiger partial charge on any atom is 0.207 e. The van der Waals surface area contributed by atoms with Gasteiger partial charge in [0.25, 0.3) is 0 Å². The Morgan fingerprint density at radius 1 is 1.26 bits per heavy atom. The lowest BCUT2D eigenvalue weighted by Gasteiger charge is -2.24. The van der Waals surface area contributed by atoms with E-state index in [0.29, 0.717) is 36.4 Å². The third-order valence-corrected chi connectivity index (χ3v) is 4.25. The van der Waals surface area contributed by atoms with Crippen LogP contribution in [0.2, 0.25) is 5.02 Å². The van der Waals surface area contributed by atoms with E-state index in [-0.39, 0.29) is 35.3 Å². The number of hydrogen-bond acceptors (Lipinski definition) is 4. The molecule has 5 nitrogen and oxygen atoms in total. The van der Waals surface area contributed by atoms with Crippen LogP contribution in [-0.2, 0) is 4.79 Å². The van der Waals surface area contributed by atoms with E-state index in [1.165, 1.54) is 0 Å². The zero-order valence-corrected chi connectivity index (χ0v) is 16.7. The van der Waals surface area contributed by atoms with Crippen molar-refractivity contribution < 1.29 is 13.9 Å². The largest absolute Gasteiger partial charge is 0.453 e. The van der Waals surface area contributed by atoms with Gasteiger partial charge in [-0.25, -0.2) is 4.39 Å². The molecule has 0 heterocycles. The van der Waals surface area contributed by atoms with Gasteiger partial charge in [0.05, 0.1) is 5.02 Å². The first-order valence-corrected chi connectivity index (χ1v) is 8.78. The molecule has 0 aromatic heterocycles. The van der Waals surface area contributed by atoms with Gasteiger partial charge in [-0.15, -0.1) is 12.4 Å². The summed E-state index contributed by atoms with van der Waals surface area (Å²) in [5.74, 6) is -0.0845. The number of benzene rings is 2. The van der Waals surface area contributed by atoms with Crippen molar-refractivity contribution in [2.24, 2.45) is 0 Å². The van der Waals surface area contributed by atoms with E-state index in [1.807, 2.05) is 13.8 Å². The highest BCUT2D eigenvalue weighted by Gasteiger charge is 2.21. The first-order valence-electron chi connectivity index (χ1n) is 8.40. The molecule has 2 rings (SSSR count). The summed E-state index contributed by atoms with van der Waals surface area (Å²) in [6.07, 6.45) is 1.30. The molecule has 27 heavy (non-hydrogen) atoms. The molecule has 0 aliphatic heterocycles. The number of carbonyl (C=O) groups excluding carboxylic acids is 1. The molecule has 0 saturated carbocycles. The summed E-state index contributed by atoms with van der Waals surface area (Å²) < 4.78 is 20.7. The van der Waals surface area contributed by atoms with Crippen LogP contribution in [0, 0.1) is 5.82 Å². The molecular formula is C19H24Cl2FN3O2. The van der Waals surface area contributed by atoms with E-state index in [0.717, 1.165) is 0 Å². The van der Waals surface area contributed by atoms with E-state index < -0.39 is 5.82 Å². The highest BCUT2D eigenvalue weighted by molar-refractivity contribution is 6.32. The van der Waals surface area contributed by atoms with Gasteiger partial charge in [-0.3, -0.25) is 4.79 Å². The zero-order chi connectivity index (χ0) is 19.1. The van der Waals surface area contributed by atoms with Crippen LogP contribution in [0.15, 0.2) is 36.4 Å². The number of nitrogens with one attached hydrogen (secondary N) is 2. The summed E-state index contributed by atoms with van der Waals surface area (Å²) in [6, 6.07) is 9.64. The zero-order valence-electron chi connectivity index (χ0n) is 15.2. The summed E-state index contributed by atoms with van der Waals surface area (Å²) in [7, 11) is 0. The molecule has 0 radical (unpaired) electrons. The number of nitrogens with two attached hydrogens (primary N) is 1. The van der Waals surface area contributed by atoms with Crippen molar-refractivity contribution in [2.45, 2.75) is 32.4 Å². The van der Waals surface area contributed by atoms with Crippen LogP contribution in [0.4, 0.5) is 10.1 Å². The van der Waals surface area contributed by atoms with Gasteiger partial charge >= 0.3 is 0 Å². The Bertz CT molecular complexity index is 744. The summed E-state index contributed by atoms with van der Waals surface area (Å²) in [5, 5.41) is 6.10. The average molecular weight is 416 g/mol. The molecule has 0 bridgehead atoms. The fourth-order valence-electron chi connectivity index (χ4n) is 2.62. The van der Waals surface area contributed by atoms with E-state index in [4.69, 9.17) is 22.1 Å². The van der Waals surface area contributed by atoms with Crippen molar-refractivity contribution >= 4 is 36.1 Å². The third-order valence-electron chi connectivity index (χ3n) is 3.96. The number of amides is 1. The summed E-state index contributed by atoms with van der Waals surface area (Å²) in [4.78, 5) is 10.4. The van der Waals surface area contributed by atoms with Crippen LogP contribution in [0.25, 0.3) is 0 Å². The topological polar surface area (TPSA) is 76.4 Å². The predicted molar refractivity (Wildman–Crippen MR) is 109 cm³/mol. The number of ether oxygens (including phenoxy) is 1. The first-order chi connectivity index (χ1) is 12.5. The van der Waals surface area contributed by atoms with Gasteiger partial charge in [0.2, 0.25) is 6.41 Å². The number of rotatable bonds is 9. The van der Waals surface area contributed by atoms with E-state index >= 15 is 4.39 Å². The number of hydrogen-bond donors (Lipinski definition) is 3. The van der Waals surface area contributed by atoms with Crippen LogP contribution in [-0.4, -0.2) is 19.0 Å². The van der Waals surface area contributed by atoms with Crippen LogP contribution >= 0.6 is 24.0 Å². The van der Waals surface area contributed by atoms with Crippen molar-refractivity contribution in [2.75, 3.05) is 12.3 Å². The van der Waals surface area contributed by atoms with Gasteiger partial charge in [-0.05, 0) is 43.7 Å². The second-order valence-electron chi connectivity index (χ2n) is 6.01. The van der Waals surface area contributed by atoms with Crippen molar-refractivity contribution in [1.29, 1.82) is 0 Å². The number of carbonyl (C=O) groups is 1. The quantitative estimate of drug-likeness (QED) is 0.417. The van der Waals surface area contributed by atoms with E-state index in [2.05, 4.69) is 10.6 Å². The molecule has 0 spiro atoms. The average Bonchev–Trinajstić information content (AvgIpc) is 2.63. The maximum atomic E-state index is 15.1. The summed E-state index contributed by atoms with van der Waals surface area (Å²) in [5.41, 5.74) is 6.70.